The lowest BCUT2D eigenvalue weighted by Gasteiger charge is -2.15. The molecule has 1 unspecified atom stereocenters. The van der Waals surface area contributed by atoms with Crippen molar-refractivity contribution >= 4 is 17.0 Å². The van der Waals surface area contributed by atoms with Gasteiger partial charge in [0, 0.05) is 6.42 Å². The minimum absolute atomic E-state index is 0.0283. The van der Waals surface area contributed by atoms with Crippen molar-refractivity contribution in [2.45, 2.75) is 39.3 Å². The van der Waals surface area contributed by atoms with Crippen LogP contribution in [0.5, 0.6) is 5.75 Å². The summed E-state index contributed by atoms with van der Waals surface area (Å²) in [6.45, 7) is 1.11. The zero-order valence-corrected chi connectivity index (χ0v) is 15.8. The molecular weight excluding hydrogens is 366 g/mol. The van der Waals surface area contributed by atoms with Gasteiger partial charge in [-0.05, 0) is 50.1 Å². The lowest BCUT2D eigenvalue weighted by Crippen LogP contribution is -2.15. The summed E-state index contributed by atoms with van der Waals surface area (Å²) in [5, 5.41) is 0. The van der Waals surface area contributed by atoms with E-state index in [9.17, 15) is 13.6 Å². The molecule has 3 rings (SSSR count). The molecule has 2 aromatic carbocycles. The van der Waals surface area contributed by atoms with Crippen LogP contribution in [0.3, 0.4) is 0 Å². The second-order valence-corrected chi connectivity index (χ2v) is 6.51. The molecule has 5 nitrogen and oxygen atoms in total. The van der Waals surface area contributed by atoms with E-state index in [1.165, 1.54) is 0 Å². The number of carbonyl (C=O) groups is 1. The summed E-state index contributed by atoms with van der Waals surface area (Å²) in [5.41, 5.74) is 1.84. The largest absolute Gasteiger partial charge is 0.494 e. The van der Waals surface area contributed by atoms with Crippen LogP contribution in [-0.4, -0.2) is 22.1 Å². The first kappa shape index (κ1) is 19.8. The van der Waals surface area contributed by atoms with Gasteiger partial charge in [-0.2, -0.15) is 8.78 Å². The van der Waals surface area contributed by atoms with Gasteiger partial charge in [-0.3, -0.25) is 9.36 Å². The normalized spacial score (nSPS) is 12.3. The highest BCUT2D eigenvalue weighted by Crippen LogP contribution is 2.28. The van der Waals surface area contributed by atoms with Gasteiger partial charge in [-0.1, -0.05) is 24.3 Å². The van der Waals surface area contributed by atoms with Gasteiger partial charge in [0.2, 0.25) is 0 Å². The number of hydrogen-bond acceptors (Lipinski definition) is 4. The number of para-hydroxylation sites is 2. The monoisotopic (exact) mass is 388 g/mol. The van der Waals surface area contributed by atoms with Crippen molar-refractivity contribution in [2.75, 3.05) is 6.61 Å². The molecule has 1 aromatic heterocycles. The van der Waals surface area contributed by atoms with Gasteiger partial charge in [0.15, 0.2) is 11.9 Å². The highest BCUT2D eigenvalue weighted by atomic mass is 19.3. The Bertz CT molecular complexity index is 956. The quantitative estimate of drug-likeness (QED) is 0.393. The van der Waals surface area contributed by atoms with E-state index in [2.05, 4.69) is 4.98 Å². The van der Waals surface area contributed by atoms with Crippen LogP contribution in [0.2, 0.25) is 0 Å². The Kier molecular flexibility index (Phi) is 6.23. The Morgan fingerprint density at radius 2 is 1.96 bits per heavy atom. The maximum Gasteiger partial charge on any atom is 0.320 e. The number of nitrogens with zero attached hydrogens (tertiary/aromatic N) is 2. The van der Waals surface area contributed by atoms with E-state index in [0.29, 0.717) is 24.1 Å². The SMILES string of the molecule is Cc1cccc(OCCCC(=O)OC(C)c2nc3ccccc3n2C(F)F)c1. The fourth-order valence-corrected chi connectivity index (χ4v) is 2.98. The topological polar surface area (TPSA) is 53.4 Å². The average Bonchev–Trinajstić information content (AvgIpc) is 3.05. The highest BCUT2D eigenvalue weighted by molar-refractivity contribution is 5.76. The van der Waals surface area contributed by atoms with Gasteiger partial charge in [0.05, 0.1) is 17.6 Å². The fraction of sp³-hybridized carbons (Fsp3) is 0.333. The first-order valence-corrected chi connectivity index (χ1v) is 9.09. The fourth-order valence-electron chi connectivity index (χ4n) is 2.98. The molecule has 7 heteroatoms. The van der Waals surface area contributed by atoms with Gasteiger partial charge in [-0.25, -0.2) is 4.98 Å². The molecule has 0 aliphatic carbocycles. The number of halogens is 2. The zero-order chi connectivity index (χ0) is 20.1. The van der Waals surface area contributed by atoms with E-state index < -0.39 is 18.6 Å². The lowest BCUT2D eigenvalue weighted by molar-refractivity contribution is -0.149. The van der Waals surface area contributed by atoms with E-state index in [0.717, 1.165) is 15.9 Å². The summed E-state index contributed by atoms with van der Waals surface area (Å²) in [6, 6.07) is 14.2. The standard InChI is InChI=1S/C21H22F2N2O3/c1-14-7-5-8-16(13-14)27-12-6-11-19(26)28-15(2)20-24-17-9-3-4-10-18(17)25(20)21(22)23/h3-5,7-10,13,15,21H,6,11-12H2,1-2H3. The van der Waals surface area contributed by atoms with Crippen LogP contribution >= 0.6 is 0 Å². The number of carbonyl (C=O) groups excluding carboxylic acids is 1. The zero-order valence-electron chi connectivity index (χ0n) is 15.8. The Hall–Kier alpha value is -2.96. The molecule has 0 fully saturated rings. The summed E-state index contributed by atoms with van der Waals surface area (Å²) in [5.74, 6) is 0.293. The Balaban J connectivity index is 1.55. The van der Waals surface area contributed by atoms with Crippen LogP contribution in [0.4, 0.5) is 8.78 Å². The van der Waals surface area contributed by atoms with E-state index in [1.54, 1.807) is 31.2 Å². The lowest BCUT2D eigenvalue weighted by atomic mass is 10.2. The number of hydrogen-bond donors (Lipinski definition) is 0. The van der Waals surface area contributed by atoms with Crippen LogP contribution in [-0.2, 0) is 9.53 Å². The molecule has 0 spiro atoms. The van der Waals surface area contributed by atoms with Crippen molar-refractivity contribution in [1.82, 2.24) is 9.55 Å². The molecule has 0 bridgehead atoms. The number of alkyl halides is 2. The molecule has 0 aliphatic rings. The van der Waals surface area contributed by atoms with Gasteiger partial charge >= 0.3 is 12.5 Å². The summed E-state index contributed by atoms with van der Waals surface area (Å²) >= 11 is 0. The second-order valence-electron chi connectivity index (χ2n) is 6.51. The summed E-state index contributed by atoms with van der Waals surface area (Å²) in [4.78, 5) is 16.3. The molecule has 28 heavy (non-hydrogen) atoms. The molecule has 0 saturated heterocycles. The number of imidazole rings is 1. The molecule has 1 atom stereocenters. The number of rotatable bonds is 8. The second kappa shape index (κ2) is 8.82. The number of aromatic nitrogens is 2. The molecule has 148 valence electrons. The predicted octanol–water partition coefficient (Wildman–Crippen LogP) is 5.20. The van der Waals surface area contributed by atoms with Crippen LogP contribution < -0.4 is 4.74 Å². The van der Waals surface area contributed by atoms with Gasteiger partial charge < -0.3 is 9.47 Å². The first-order valence-electron chi connectivity index (χ1n) is 9.09. The van der Waals surface area contributed by atoms with Gasteiger partial charge in [-0.15, -0.1) is 0 Å². The third-order valence-electron chi connectivity index (χ3n) is 4.27. The minimum Gasteiger partial charge on any atom is -0.494 e. The summed E-state index contributed by atoms with van der Waals surface area (Å²) < 4.78 is 38.7. The number of benzene rings is 2. The van der Waals surface area contributed by atoms with Crippen LogP contribution in [0, 0.1) is 6.92 Å². The predicted molar refractivity (Wildman–Crippen MR) is 101 cm³/mol. The van der Waals surface area contributed by atoms with E-state index >= 15 is 0 Å². The van der Waals surface area contributed by atoms with Crippen molar-refractivity contribution in [2.24, 2.45) is 0 Å². The summed E-state index contributed by atoms with van der Waals surface area (Å²) in [7, 11) is 0. The molecule has 1 heterocycles. The molecule has 0 aliphatic heterocycles. The Morgan fingerprint density at radius 1 is 1.18 bits per heavy atom. The van der Waals surface area contributed by atoms with E-state index in [4.69, 9.17) is 9.47 Å². The molecule has 0 radical (unpaired) electrons. The molecule has 0 N–H and O–H groups in total. The van der Waals surface area contributed by atoms with Crippen molar-refractivity contribution in [3.63, 3.8) is 0 Å². The highest BCUT2D eigenvalue weighted by Gasteiger charge is 2.24. The van der Waals surface area contributed by atoms with Crippen molar-refractivity contribution in [3.05, 3.63) is 59.9 Å². The average molecular weight is 388 g/mol. The Labute approximate surface area is 161 Å². The third kappa shape index (κ3) is 4.65. The van der Waals surface area contributed by atoms with Crippen molar-refractivity contribution in [3.8, 4) is 5.75 Å². The maximum absolute atomic E-state index is 13.5. The van der Waals surface area contributed by atoms with Crippen molar-refractivity contribution in [1.29, 1.82) is 0 Å². The smallest absolute Gasteiger partial charge is 0.320 e. The first-order chi connectivity index (χ1) is 13.5. The number of fused-ring (bicyclic) bond motifs is 1. The van der Waals surface area contributed by atoms with E-state index in [1.807, 2.05) is 31.2 Å². The van der Waals surface area contributed by atoms with Crippen LogP contribution in [0.15, 0.2) is 48.5 Å². The Morgan fingerprint density at radius 3 is 2.71 bits per heavy atom. The van der Waals surface area contributed by atoms with Gasteiger partial charge in [0.25, 0.3) is 0 Å². The number of ether oxygens (including phenoxy) is 2. The molecule has 0 amide bonds. The number of esters is 1. The van der Waals surface area contributed by atoms with E-state index in [-0.39, 0.29) is 12.2 Å². The molecule has 0 saturated carbocycles. The molecular formula is C21H22F2N2O3. The van der Waals surface area contributed by atoms with Crippen LogP contribution in [0.1, 0.15) is 43.8 Å². The maximum atomic E-state index is 13.5. The third-order valence-corrected chi connectivity index (χ3v) is 4.27. The summed E-state index contributed by atoms with van der Waals surface area (Å²) in [6.07, 6.45) is -0.290. The number of aryl methyl sites for hydroxylation is 1. The minimum atomic E-state index is -2.77. The van der Waals surface area contributed by atoms with Crippen LogP contribution in [0.25, 0.3) is 11.0 Å². The molecule has 3 aromatic rings. The van der Waals surface area contributed by atoms with Gasteiger partial charge in [0.1, 0.15) is 5.75 Å². The van der Waals surface area contributed by atoms with Crippen molar-refractivity contribution < 1.29 is 23.0 Å².